The van der Waals surface area contributed by atoms with Crippen molar-refractivity contribution < 1.29 is 4.79 Å². The van der Waals surface area contributed by atoms with E-state index in [0.29, 0.717) is 6.04 Å². The molecule has 2 heterocycles. The number of likely N-dealkylation sites (tertiary alicyclic amines) is 1. The van der Waals surface area contributed by atoms with Gasteiger partial charge in [0.2, 0.25) is 0 Å². The first-order chi connectivity index (χ1) is 9.70. The number of likely N-dealkylation sites (N-methyl/N-ethyl adjacent to an activating group) is 1. The standard InChI is InChI=1S/C16H24N2OS.ClH/c1-11-5-6-13-14(10-20-15(13)8-11)16(19)18-7-3-4-12(18)9-17-2;/h10-12,17H,3-9H2,1-2H3;1H. The molecule has 1 aromatic rings. The van der Waals surface area contributed by atoms with Gasteiger partial charge in [0.25, 0.3) is 5.91 Å². The second-order valence-corrected chi connectivity index (χ2v) is 7.22. The molecule has 1 N–H and O–H groups in total. The van der Waals surface area contributed by atoms with Gasteiger partial charge in [-0.1, -0.05) is 6.92 Å². The van der Waals surface area contributed by atoms with E-state index in [1.165, 1.54) is 16.9 Å². The number of carbonyl (C=O) groups is 1. The minimum Gasteiger partial charge on any atom is -0.334 e. The molecular formula is C16H25ClN2OS. The number of hydrogen-bond donors (Lipinski definition) is 1. The van der Waals surface area contributed by atoms with E-state index in [1.54, 1.807) is 11.3 Å². The van der Waals surface area contributed by atoms with Gasteiger partial charge in [0, 0.05) is 29.4 Å². The number of nitrogens with one attached hydrogen (secondary N) is 1. The smallest absolute Gasteiger partial charge is 0.255 e. The summed E-state index contributed by atoms with van der Waals surface area (Å²) in [5, 5.41) is 5.33. The average Bonchev–Trinajstić information content (AvgIpc) is 3.04. The van der Waals surface area contributed by atoms with Crippen LogP contribution < -0.4 is 5.32 Å². The van der Waals surface area contributed by atoms with Gasteiger partial charge in [-0.2, -0.15) is 0 Å². The third kappa shape index (κ3) is 3.27. The summed E-state index contributed by atoms with van der Waals surface area (Å²) in [6.07, 6.45) is 5.75. The van der Waals surface area contributed by atoms with E-state index < -0.39 is 0 Å². The molecule has 1 saturated heterocycles. The molecular weight excluding hydrogens is 304 g/mol. The van der Waals surface area contributed by atoms with Crippen LogP contribution in [-0.4, -0.2) is 37.0 Å². The summed E-state index contributed by atoms with van der Waals surface area (Å²) in [6, 6.07) is 0.380. The number of thiophene rings is 1. The second kappa shape index (κ2) is 7.12. The van der Waals surface area contributed by atoms with Crippen LogP contribution >= 0.6 is 23.7 Å². The van der Waals surface area contributed by atoms with Crippen molar-refractivity contribution in [1.82, 2.24) is 10.2 Å². The number of amides is 1. The molecule has 0 spiro atoms. The second-order valence-electron chi connectivity index (χ2n) is 6.25. The quantitative estimate of drug-likeness (QED) is 0.924. The summed E-state index contributed by atoms with van der Waals surface area (Å²) >= 11 is 1.79. The van der Waals surface area contributed by atoms with Gasteiger partial charge in [-0.05, 0) is 50.6 Å². The van der Waals surface area contributed by atoms with Gasteiger partial charge in [-0.3, -0.25) is 4.79 Å². The monoisotopic (exact) mass is 328 g/mol. The molecule has 1 aromatic heterocycles. The molecule has 21 heavy (non-hydrogen) atoms. The molecule has 0 radical (unpaired) electrons. The Hall–Kier alpha value is -0.580. The Morgan fingerprint density at radius 1 is 1.48 bits per heavy atom. The Morgan fingerprint density at radius 2 is 2.29 bits per heavy atom. The van der Waals surface area contributed by atoms with Gasteiger partial charge < -0.3 is 10.2 Å². The van der Waals surface area contributed by atoms with E-state index in [0.717, 1.165) is 50.3 Å². The Kier molecular flexibility index (Phi) is 5.69. The molecule has 118 valence electrons. The van der Waals surface area contributed by atoms with Gasteiger partial charge in [0.1, 0.15) is 0 Å². The lowest BCUT2D eigenvalue weighted by Gasteiger charge is -2.26. The Labute approximate surface area is 137 Å². The van der Waals surface area contributed by atoms with Gasteiger partial charge in [-0.15, -0.1) is 23.7 Å². The topological polar surface area (TPSA) is 32.3 Å². The lowest BCUT2D eigenvalue weighted by atomic mass is 9.88. The minimum absolute atomic E-state index is 0. The lowest BCUT2D eigenvalue weighted by Crippen LogP contribution is -2.41. The van der Waals surface area contributed by atoms with Crippen LogP contribution in [0.1, 0.15) is 47.0 Å². The molecule has 0 saturated carbocycles. The van der Waals surface area contributed by atoms with Gasteiger partial charge >= 0.3 is 0 Å². The van der Waals surface area contributed by atoms with Crippen molar-refractivity contribution in [3.8, 4) is 0 Å². The largest absolute Gasteiger partial charge is 0.334 e. The maximum absolute atomic E-state index is 12.9. The molecule has 1 aliphatic carbocycles. The fraction of sp³-hybridized carbons (Fsp3) is 0.688. The molecule has 5 heteroatoms. The summed E-state index contributed by atoms with van der Waals surface area (Å²) in [4.78, 5) is 16.4. The van der Waals surface area contributed by atoms with Crippen molar-refractivity contribution >= 4 is 29.7 Å². The van der Waals surface area contributed by atoms with Gasteiger partial charge in [0.05, 0.1) is 5.56 Å². The number of rotatable bonds is 3. The van der Waals surface area contributed by atoms with Crippen molar-refractivity contribution in [2.45, 2.75) is 45.1 Å². The minimum atomic E-state index is 0. The van der Waals surface area contributed by atoms with Crippen molar-refractivity contribution in [2.24, 2.45) is 5.92 Å². The summed E-state index contributed by atoms with van der Waals surface area (Å²) in [5.41, 5.74) is 2.35. The summed E-state index contributed by atoms with van der Waals surface area (Å²) < 4.78 is 0. The molecule has 2 atom stereocenters. The fourth-order valence-electron chi connectivity index (χ4n) is 3.56. The van der Waals surface area contributed by atoms with E-state index in [2.05, 4.69) is 22.5 Å². The first-order valence-corrected chi connectivity index (χ1v) is 8.63. The highest BCUT2D eigenvalue weighted by molar-refractivity contribution is 7.10. The number of nitrogens with zero attached hydrogens (tertiary/aromatic N) is 1. The third-order valence-electron chi connectivity index (χ3n) is 4.71. The molecule has 1 fully saturated rings. The van der Waals surface area contributed by atoms with Gasteiger partial charge in [0.15, 0.2) is 0 Å². The van der Waals surface area contributed by atoms with Crippen LogP contribution in [0.3, 0.4) is 0 Å². The van der Waals surface area contributed by atoms with Crippen LogP contribution in [0.5, 0.6) is 0 Å². The highest BCUT2D eigenvalue weighted by atomic mass is 35.5. The maximum Gasteiger partial charge on any atom is 0.255 e. The molecule has 3 nitrogen and oxygen atoms in total. The van der Waals surface area contributed by atoms with E-state index in [-0.39, 0.29) is 18.3 Å². The Bertz CT molecular complexity index is 502. The van der Waals surface area contributed by atoms with Crippen LogP contribution in [0.2, 0.25) is 0 Å². The lowest BCUT2D eigenvalue weighted by molar-refractivity contribution is 0.0736. The molecule has 0 bridgehead atoms. The first kappa shape index (κ1) is 16.8. The Balaban J connectivity index is 0.00000161. The molecule has 2 aliphatic rings. The zero-order chi connectivity index (χ0) is 14.1. The van der Waals surface area contributed by atoms with Crippen molar-refractivity contribution in [2.75, 3.05) is 20.1 Å². The number of carbonyl (C=O) groups excluding carboxylic acids is 1. The van der Waals surface area contributed by atoms with Gasteiger partial charge in [-0.25, -0.2) is 0 Å². The van der Waals surface area contributed by atoms with Crippen LogP contribution in [0.4, 0.5) is 0 Å². The molecule has 2 unspecified atom stereocenters. The molecule has 3 rings (SSSR count). The predicted octanol–water partition coefficient (Wildman–Crippen LogP) is 3.12. The third-order valence-corrected chi connectivity index (χ3v) is 5.76. The fourth-order valence-corrected chi connectivity index (χ4v) is 4.80. The zero-order valence-corrected chi connectivity index (χ0v) is 14.5. The maximum atomic E-state index is 12.9. The highest BCUT2D eigenvalue weighted by Crippen LogP contribution is 2.34. The van der Waals surface area contributed by atoms with Crippen molar-refractivity contribution in [3.63, 3.8) is 0 Å². The SMILES string of the molecule is CNCC1CCCN1C(=O)c1csc2c1CCC(C)C2.Cl. The Morgan fingerprint density at radius 3 is 3.05 bits per heavy atom. The van der Waals surface area contributed by atoms with Crippen molar-refractivity contribution in [3.05, 3.63) is 21.4 Å². The van der Waals surface area contributed by atoms with Crippen LogP contribution in [-0.2, 0) is 12.8 Å². The highest BCUT2D eigenvalue weighted by Gasteiger charge is 2.32. The van der Waals surface area contributed by atoms with Crippen molar-refractivity contribution in [1.29, 1.82) is 0 Å². The molecule has 1 amide bonds. The van der Waals surface area contributed by atoms with E-state index in [9.17, 15) is 4.79 Å². The molecule has 1 aliphatic heterocycles. The van der Waals surface area contributed by atoms with Crippen LogP contribution in [0.15, 0.2) is 5.38 Å². The predicted molar refractivity (Wildman–Crippen MR) is 90.7 cm³/mol. The first-order valence-electron chi connectivity index (χ1n) is 7.75. The van der Waals surface area contributed by atoms with E-state index >= 15 is 0 Å². The van der Waals surface area contributed by atoms with E-state index in [1.807, 2.05) is 7.05 Å². The normalized spacial score (nSPS) is 24.6. The van der Waals surface area contributed by atoms with E-state index in [4.69, 9.17) is 0 Å². The average molecular weight is 329 g/mol. The van der Waals surface area contributed by atoms with Crippen LogP contribution in [0, 0.1) is 5.92 Å². The number of fused-ring (bicyclic) bond motifs is 1. The summed E-state index contributed by atoms with van der Waals surface area (Å²) in [7, 11) is 1.97. The summed E-state index contributed by atoms with van der Waals surface area (Å²) in [5.74, 6) is 1.04. The number of halogens is 1. The molecule has 0 aromatic carbocycles. The van der Waals surface area contributed by atoms with Crippen LogP contribution in [0.25, 0.3) is 0 Å². The zero-order valence-electron chi connectivity index (χ0n) is 12.9. The number of hydrogen-bond acceptors (Lipinski definition) is 3. The summed E-state index contributed by atoms with van der Waals surface area (Å²) in [6.45, 7) is 4.15.